The Hall–Kier alpha value is -1.00. The van der Waals surface area contributed by atoms with E-state index in [9.17, 15) is 5.11 Å². The highest BCUT2D eigenvalue weighted by Gasteiger charge is 2.38. The summed E-state index contributed by atoms with van der Waals surface area (Å²) in [6.45, 7) is 0.182. The molecule has 0 amide bonds. The van der Waals surface area contributed by atoms with Crippen molar-refractivity contribution in [3.05, 3.63) is 24.3 Å². The Balaban J connectivity index is 1.67. The van der Waals surface area contributed by atoms with Gasteiger partial charge >= 0.3 is 0 Å². The highest BCUT2D eigenvalue weighted by molar-refractivity contribution is 5.15. The normalized spacial score (nSPS) is 32.4. The topological polar surface area (TPSA) is 58.0 Å². The van der Waals surface area contributed by atoms with E-state index in [2.05, 4.69) is 15.3 Å². The Kier molecular flexibility index (Phi) is 3.31. The van der Waals surface area contributed by atoms with E-state index < -0.39 is 0 Å². The summed E-state index contributed by atoms with van der Waals surface area (Å²) in [7, 11) is 0. The van der Waals surface area contributed by atoms with E-state index >= 15 is 0 Å². The fraction of sp³-hybridized carbons (Fsp3) is 0.714. The predicted molar refractivity (Wildman–Crippen MR) is 69.2 cm³/mol. The number of aromatic nitrogens is 2. The average Bonchev–Trinajstić information content (AvgIpc) is 3.25. The monoisotopic (exact) mass is 247 g/mol. The van der Waals surface area contributed by atoms with Gasteiger partial charge in [-0.3, -0.25) is 9.97 Å². The molecule has 0 aromatic carbocycles. The van der Waals surface area contributed by atoms with Crippen molar-refractivity contribution in [1.82, 2.24) is 15.3 Å². The fourth-order valence-electron chi connectivity index (χ4n) is 2.99. The van der Waals surface area contributed by atoms with Gasteiger partial charge in [0.15, 0.2) is 0 Å². The minimum atomic E-state index is -0.157. The van der Waals surface area contributed by atoms with Crippen molar-refractivity contribution in [2.24, 2.45) is 0 Å². The minimum Gasteiger partial charge on any atom is -0.395 e. The number of aliphatic hydroxyl groups excluding tert-OH is 1. The predicted octanol–water partition coefficient (Wildman–Crippen LogP) is 1.40. The molecule has 98 valence electrons. The zero-order chi connectivity index (χ0) is 12.4. The van der Waals surface area contributed by atoms with Gasteiger partial charge in [-0.05, 0) is 38.5 Å². The van der Waals surface area contributed by atoms with Crippen LogP contribution in [0.25, 0.3) is 0 Å². The van der Waals surface area contributed by atoms with E-state index in [0.29, 0.717) is 6.04 Å². The molecule has 0 radical (unpaired) electrons. The molecular weight excluding hydrogens is 226 g/mol. The van der Waals surface area contributed by atoms with E-state index in [4.69, 9.17) is 0 Å². The first kappa shape index (κ1) is 12.1. The third-order valence-corrected chi connectivity index (χ3v) is 4.40. The summed E-state index contributed by atoms with van der Waals surface area (Å²) in [6, 6.07) is 1.40. The molecule has 0 spiro atoms. The van der Waals surface area contributed by atoms with E-state index in [0.717, 1.165) is 37.4 Å². The Morgan fingerprint density at radius 1 is 1.17 bits per heavy atom. The van der Waals surface area contributed by atoms with Gasteiger partial charge in [0.1, 0.15) is 0 Å². The molecule has 2 aliphatic rings. The van der Waals surface area contributed by atoms with Crippen LogP contribution in [0.2, 0.25) is 0 Å². The summed E-state index contributed by atoms with van der Waals surface area (Å²) in [5, 5.41) is 13.5. The Bertz CT molecular complexity index is 383. The number of rotatable bonds is 4. The second kappa shape index (κ2) is 4.94. The standard InChI is InChI=1S/C14H21N3O/c18-10-14(13-9-15-7-8-16-13)5-3-12(4-6-14)17-11-1-2-11/h7-9,11-12,17-18H,1-6,10H2/t12-,14-. The molecule has 2 fully saturated rings. The van der Waals surface area contributed by atoms with Crippen molar-refractivity contribution in [3.63, 3.8) is 0 Å². The third kappa shape index (κ3) is 2.40. The molecule has 0 unspecified atom stereocenters. The number of hydrogen-bond donors (Lipinski definition) is 2. The zero-order valence-electron chi connectivity index (χ0n) is 10.7. The molecular formula is C14H21N3O. The van der Waals surface area contributed by atoms with Gasteiger partial charge in [0, 0.05) is 36.1 Å². The van der Waals surface area contributed by atoms with E-state index in [-0.39, 0.29) is 12.0 Å². The van der Waals surface area contributed by atoms with E-state index in [1.165, 1.54) is 12.8 Å². The first-order valence-electron chi connectivity index (χ1n) is 6.96. The molecule has 4 nitrogen and oxygen atoms in total. The van der Waals surface area contributed by atoms with Crippen molar-refractivity contribution in [2.75, 3.05) is 6.61 Å². The van der Waals surface area contributed by atoms with Crippen LogP contribution >= 0.6 is 0 Å². The Morgan fingerprint density at radius 3 is 2.44 bits per heavy atom. The Morgan fingerprint density at radius 2 is 1.89 bits per heavy atom. The van der Waals surface area contributed by atoms with Crippen LogP contribution in [0, 0.1) is 0 Å². The number of nitrogens with one attached hydrogen (secondary N) is 1. The summed E-state index contributed by atoms with van der Waals surface area (Å²) in [6.07, 6.45) is 12.2. The van der Waals surface area contributed by atoms with Gasteiger partial charge in [-0.1, -0.05) is 0 Å². The zero-order valence-corrected chi connectivity index (χ0v) is 10.7. The van der Waals surface area contributed by atoms with Gasteiger partial charge in [-0.25, -0.2) is 0 Å². The lowest BCUT2D eigenvalue weighted by Gasteiger charge is -2.38. The van der Waals surface area contributed by atoms with Crippen LogP contribution < -0.4 is 5.32 Å². The van der Waals surface area contributed by atoms with Gasteiger partial charge in [0.25, 0.3) is 0 Å². The smallest absolute Gasteiger partial charge is 0.0671 e. The summed E-state index contributed by atoms with van der Waals surface area (Å²) >= 11 is 0. The Labute approximate surface area is 108 Å². The second-order valence-corrected chi connectivity index (χ2v) is 5.74. The van der Waals surface area contributed by atoms with Crippen molar-refractivity contribution >= 4 is 0 Å². The molecule has 1 aromatic rings. The average molecular weight is 247 g/mol. The van der Waals surface area contributed by atoms with Crippen molar-refractivity contribution in [1.29, 1.82) is 0 Å². The van der Waals surface area contributed by atoms with Crippen molar-refractivity contribution in [2.45, 2.75) is 56.0 Å². The molecule has 2 N–H and O–H groups in total. The fourth-order valence-corrected chi connectivity index (χ4v) is 2.99. The quantitative estimate of drug-likeness (QED) is 0.844. The van der Waals surface area contributed by atoms with Gasteiger partial charge in [0.2, 0.25) is 0 Å². The number of nitrogens with zero attached hydrogens (tertiary/aromatic N) is 2. The van der Waals surface area contributed by atoms with Crippen LogP contribution in [-0.2, 0) is 5.41 Å². The molecule has 2 saturated carbocycles. The maximum Gasteiger partial charge on any atom is 0.0671 e. The lowest BCUT2D eigenvalue weighted by atomic mass is 9.71. The van der Waals surface area contributed by atoms with Gasteiger partial charge in [-0.2, -0.15) is 0 Å². The lowest BCUT2D eigenvalue weighted by molar-refractivity contribution is 0.134. The van der Waals surface area contributed by atoms with Gasteiger partial charge in [0.05, 0.1) is 12.3 Å². The molecule has 0 saturated heterocycles. The van der Waals surface area contributed by atoms with Crippen LogP contribution in [0.3, 0.4) is 0 Å². The van der Waals surface area contributed by atoms with Crippen molar-refractivity contribution in [3.8, 4) is 0 Å². The van der Waals surface area contributed by atoms with Crippen molar-refractivity contribution < 1.29 is 5.11 Å². The van der Waals surface area contributed by atoms with Crippen LogP contribution in [0.15, 0.2) is 18.6 Å². The third-order valence-electron chi connectivity index (χ3n) is 4.40. The number of aliphatic hydroxyl groups is 1. The highest BCUT2D eigenvalue weighted by Crippen LogP contribution is 2.38. The molecule has 2 aliphatic carbocycles. The summed E-state index contributed by atoms with van der Waals surface area (Å²) in [5.41, 5.74) is 0.799. The molecule has 0 atom stereocenters. The van der Waals surface area contributed by atoms with E-state index in [1.807, 2.05) is 6.20 Å². The van der Waals surface area contributed by atoms with Gasteiger partial charge < -0.3 is 10.4 Å². The number of hydrogen-bond acceptors (Lipinski definition) is 4. The minimum absolute atomic E-state index is 0.157. The molecule has 1 aromatic heterocycles. The molecule has 1 heterocycles. The first-order valence-corrected chi connectivity index (χ1v) is 6.96. The van der Waals surface area contributed by atoms with Crippen LogP contribution in [0.5, 0.6) is 0 Å². The molecule has 18 heavy (non-hydrogen) atoms. The molecule has 0 aliphatic heterocycles. The van der Waals surface area contributed by atoms with E-state index in [1.54, 1.807) is 12.4 Å². The summed E-state index contributed by atoms with van der Waals surface area (Å²) < 4.78 is 0. The highest BCUT2D eigenvalue weighted by atomic mass is 16.3. The second-order valence-electron chi connectivity index (χ2n) is 5.74. The molecule has 3 rings (SSSR count). The summed E-state index contributed by atoms with van der Waals surface area (Å²) in [4.78, 5) is 8.54. The maximum absolute atomic E-state index is 9.79. The summed E-state index contributed by atoms with van der Waals surface area (Å²) in [5.74, 6) is 0. The largest absolute Gasteiger partial charge is 0.395 e. The molecule has 0 bridgehead atoms. The SMILES string of the molecule is OC[C@]1(c2cnccn2)CC[C@H](NC2CC2)CC1. The van der Waals surface area contributed by atoms with Gasteiger partial charge in [-0.15, -0.1) is 0 Å². The van der Waals surface area contributed by atoms with Crippen LogP contribution in [0.4, 0.5) is 0 Å². The van der Waals surface area contributed by atoms with Crippen LogP contribution in [0.1, 0.15) is 44.2 Å². The van der Waals surface area contributed by atoms with Crippen LogP contribution in [-0.4, -0.2) is 33.8 Å². The maximum atomic E-state index is 9.79. The lowest BCUT2D eigenvalue weighted by Crippen LogP contribution is -2.43. The first-order chi connectivity index (χ1) is 8.82. The molecule has 4 heteroatoms.